The smallest absolute Gasteiger partial charge is 0.0631 e. The first-order chi connectivity index (χ1) is 7.42. The second-order valence-electron chi connectivity index (χ2n) is 3.85. The lowest BCUT2D eigenvalue weighted by atomic mass is 10.1. The van der Waals surface area contributed by atoms with Crippen LogP contribution in [-0.4, -0.2) is 11.5 Å². The molecule has 1 aliphatic carbocycles. The molecule has 78 valence electrons. The third kappa shape index (κ3) is 2.37. The highest BCUT2D eigenvalue weighted by Gasteiger charge is 2.21. The van der Waals surface area contributed by atoms with E-state index in [2.05, 4.69) is 22.9 Å². The average Bonchev–Trinajstić information content (AvgIpc) is 2.68. The van der Waals surface area contributed by atoms with Gasteiger partial charge in [-0.2, -0.15) is 0 Å². The minimum absolute atomic E-state index is 0.360. The highest BCUT2D eigenvalue weighted by Crippen LogP contribution is 2.30. The Labute approximate surface area is 90.9 Å². The maximum absolute atomic E-state index is 5.42. The highest BCUT2D eigenvalue weighted by atomic mass is 14.7. The van der Waals surface area contributed by atoms with Crippen LogP contribution in [0.15, 0.2) is 18.3 Å². The normalized spacial score (nSPS) is 18.1. The van der Waals surface area contributed by atoms with Crippen LogP contribution in [0.1, 0.15) is 36.4 Å². The quantitative estimate of drug-likeness (QED) is 0.584. The van der Waals surface area contributed by atoms with E-state index >= 15 is 0 Å². The Morgan fingerprint density at radius 2 is 2.47 bits per heavy atom. The van der Waals surface area contributed by atoms with E-state index in [1.165, 1.54) is 11.3 Å². The lowest BCUT2D eigenvalue weighted by Crippen LogP contribution is -1.97. The third-order valence-electron chi connectivity index (χ3n) is 2.74. The summed E-state index contributed by atoms with van der Waals surface area (Å²) in [5.41, 5.74) is 7.98. The molecule has 1 aromatic rings. The molecule has 0 aromatic carbocycles. The van der Waals surface area contributed by atoms with Crippen LogP contribution < -0.4 is 5.73 Å². The molecule has 0 bridgehead atoms. The number of hydrogen-bond acceptors (Lipinski definition) is 2. The van der Waals surface area contributed by atoms with Gasteiger partial charge in [0, 0.05) is 12.6 Å². The summed E-state index contributed by atoms with van der Waals surface area (Å²) >= 11 is 0. The Morgan fingerprint density at radius 1 is 1.53 bits per heavy atom. The molecule has 2 rings (SSSR count). The number of pyridine rings is 1. The maximum Gasteiger partial charge on any atom is 0.0631 e. The van der Waals surface area contributed by atoms with Gasteiger partial charge in [0.05, 0.1) is 11.6 Å². The minimum atomic E-state index is 0.360. The molecule has 1 aromatic heterocycles. The molecule has 15 heavy (non-hydrogen) atoms. The van der Waals surface area contributed by atoms with E-state index in [-0.39, 0.29) is 0 Å². The molecular weight excluding hydrogens is 184 g/mol. The molecule has 1 aliphatic rings. The summed E-state index contributed by atoms with van der Waals surface area (Å²) in [6, 6.07) is 4.16. The molecule has 1 atom stereocenters. The van der Waals surface area contributed by atoms with E-state index in [0.29, 0.717) is 5.92 Å². The van der Waals surface area contributed by atoms with Crippen molar-refractivity contribution in [3.8, 4) is 11.8 Å². The summed E-state index contributed by atoms with van der Waals surface area (Å²) in [5, 5.41) is 0. The first-order valence-corrected chi connectivity index (χ1v) is 5.54. The van der Waals surface area contributed by atoms with Crippen molar-refractivity contribution in [2.24, 2.45) is 5.73 Å². The molecule has 0 saturated carbocycles. The Kier molecular flexibility index (Phi) is 3.37. The van der Waals surface area contributed by atoms with Crippen LogP contribution in [0.2, 0.25) is 0 Å². The predicted molar refractivity (Wildman–Crippen MR) is 61.4 cm³/mol. The molecule has 1 unspecified atom stereocenters. The molecule has 0 aliphatic heterocycles. The van der Waals surface area contributed by atoms with Crippen LogP contribution in [0.3, 0.4) is 0 Å². The van der Waals surface area contributed by atoms with Gasteiger partial charge >= 0.3 is 0 Å². The van der Waals surface area contributed by atoms with Gasteiger partial charge in [-0.25, -0.2) is 0 Å². The zero-order chi connectivity index (χ0) is 10.5. The van der Waals surface area contributed by atoms with Gasteiger partial charge in [0.2, 0.25) is 0 Å². The summed E-state index contributed by atoms with van der Waals surface area (Å²) in [6.45, 7) is 0.730. The fraction of sp³-hybridized carbons (Fsp3) is 0.462. The number of hydrogen-bond donors (Lipinski definition) is 1. The lowest BCUT2D eigenvalue weighted by Gasteiger charge is -2.00. The van der Waals surface area contributed by atoms with Gasteiger partial charge in [0.25, 0.3) is 0 Å². The second kappa shape index (κ2) is 4.95. The van der Waals surface area contributed by atoms with Gasteiger partial charge in [0.1, 0.15) is 0 Å². The van der Waals surface area contributed by atoms with E-state index in [0.717, 1.165) is 32.2 Å². The monoisotopic (exact) mass is 200 g/mol. The zero-order valence-corrected chi connectivity index (χ0v) is 8.87. The van der Waals surface area contributed by atoms with E-state index in [9.17, 15) is 0 Å². The number of fused-ring (bicyclic) bond motifs is 1. The van der Waals surface area contributed by atoms with Crippen molar-refractivity contribution in [1.82, 2.24) is 4.98 Å². The van der Waals surface area contributed by atoms with E-state index < -0.39 is 0 Å². The van der Waals surface area contributed by atoms with Crippen molar-refractivity contribution in [3.63, 3.8) is 0 Å². The largest absolute Gasteiger partial charge is 0.330 e. The minimum Gasteiger partial charge on any atom is -0.330 e. The molecule has 0 amide bonds. The third-order valence-corrected chi connectivity index (χ3v) is 2.74. The summed E-state index contributed by atoms with van der Waals surface area (Å²) in [6.07, 6.45) is 6.02. The molecule has 2 N–H and O–H groups in total. The Balaban J connectivity index is 2.03. The fourth-order valence-corrected chi connectivity index (χ4v) is 1.94. The standard InChI is InChI=1S/C13H16N2/c14-9-3-1-2-5-11-7-8-12-6-4-10-15-13(11)12/h4,6,10-11H,1,3,7-9,14H2. The van der Waals surface area contributed by atoms with Crippen molar-refractivity contribution >= 4 is 0 Å². The van der Waals surface area contributed by atoms with E-state index in [1.54, 1.807) is 0 Å². The van der Waals surface area contributed by atoms with Crippen molar-refractivity contribution in [1.29, 1.82) is 0 Å². The molecule has 0 spiro atoms. The van der Waals surface area contributed by atoms with Gasteiger partial charge < -0.3 is 5.73 Å². The van der Waals surface area contributed by atoms with Gasteiger partial charge in [-0.3, -0.25) is 4.98 Å². The Bertz CT molecular complexity index is 387. The Hall–Kier alpha value is -1.33. The zero-order valence-electron chi connectivity index (χ0n) is 8.87. The summed E-state index contributed by atoms with van der Waals surface area (Å²) < 4.78 is 0. The molecule has 0 saturated heterocycles. The van der Waals surface area contributed by atoms with Crippen LogP contribution in [0.25, 0.3) is 0 Å². The second-order valence-corrected chi connectivity index (χ2v) is 3.85. The summed E-state index contributed by atoms with van der Waals surface area (Å²) in [4.78, 5) is 4.41. The molecule has 2 heteroatoms. The molecule has 0 fully saturated rings. The van der Waals surface area contributed by atoms with Crippen LogP contribution in [-0.2, 0) is 6.42 Å². The molecule has 0 radical (unpaired) electrons. The van der Waals surface area contributed by atoms with Crippen LogP contribution in [0.4, 0.5) is 0 Å². The van der Waals surface area contributed by atoms with Crippen molar-refractivity contribution in [2.45, 2.75) is 31.6 Å². The van der Waals surface area contributed by atoms with Gasteiger partial charge in [-0.05, 0) is 37.4 Å². The number of nitrogens with zero attached hydrogens (tertiary/aromatic N) is 1. The number of rotatable bonds is 2. The number of unbranched alkanes of at least 4 members (excludes halogenated alkanes) is 1. The number of aryl methyl sites for hydroxylation is 1. The number of nitrogens with two attached hydrogens (primary N) is 1. The predicted octanol–water partition coefficient (Wildman–Crippen LogP) is 1.85. The molecular formula is C13H16N2. The first-order valence-electron chi connectivity index (χ1n) is 5.54. The van der Waals surface area contributed by atoms with E-state index in [1.807, 2.05) is 12.3 Å². The van der Waals surface area contributed by atoms with Crippen LogP contribution >= 0.6 is 0 Å². The van der Waals surface area contributed by atoms with Gasteiger partial charge in [-0.15, -0.1) is 5.92 Å². The average molecular weight is 200 g/mol. The highest BCUT2D eigenvalue weighted by molar-refractivity contribution is 5.34. The summed E-state index contributed by atoms with van der Waals surface area (Å²) in [7, 11) is 0. The lowest BCUT2D eigenvalue weighted by molar-refractivity contribution is 0.815. The first kappa shape index (κ1) is 10.2. The summed E-state index contributed by atoms with van der Waals surface area (Å²) in [5.74, 6) is 6.86. The SMILES string of the molecule is NCCCC#CC1CCc2cccnc21. The van der Waals surface area contributed by atoms with Crippen molar-refractivity contribution < 1.29 is 0 Å². The maximum atomic E-state index is 5.42. The van der Waals surface area contributed by atoms with Crippen LogP contribution in [0, 0.1) is 11.8 Å². The number of aromatic nitrogens is 1. The van der Waals surface area contributed by atoms with Gasteiger partial charge in [-0.1, -0.05) is 12.0 Å². The topological polar surface area (TPSA) is 38.9 Å². The molecule has 1 heterocycles. The molecule has 2 nitrogen and oxygen atoms in total. The van der Waals surface area contributed by atoms with Crippen molar-refractivity contribution in [2.75, 3.05) is 6.54 Å². The van der Waals surface area contributed by atoms with Crippen LogP contribution in [0.5, 0.6) is 0 Å². The van der Waals surface area contributed by atoms with E-state index in [4.69, 9.17) is 5.73 Å². The van der Waals surface area contributed by atoms with Gasteiger partial charge in [0.15, 0.2) is 0 Å². The fourth-order valence-electron chi connectivity index (χ4n) is 1.94. The Morgan fingerprint density at radius 3 is 3.33 bits per heavy atom. The van der Waals surface area contributed by atoms with Crippen molar-refractivity contribution in [3.05, 3.63) is 29.6 Å².